The van der Waals surface area contributed by atoms with Gasteiger partial charge in [-0.05, 0) is 24.6 Å². The van der Waals surface area contributed by atoms with Crippen LogP contribution in [0.15, 0.2) is 18.3 Å². The average molecular weight is 230 g/mol. The van der Waals surface area contributed by atoms with Crippen LogP contribution >= 0.6 is 23.2 Å². The summed E-state index contributed by atoms with van der Waals surface area (Å²) >= 11 is 11.8. The van der Waals surface area contributed by atoms with Gasteiger partial charge in [-0.15, -0.1) is 0 Å². The maximum absolute atomic E-state index is 13.0. The third-order valence-corrected chi connectivity index (χ3v) is 2.79. The number of aromatic nitrogens is 1. The third kappa shape index (κ3) is 1.45. The van der Waals surface area contributed by atoms with E-state index in [-0.39, 0.29) is 5.02 Å². The molecule has 0 aliphatic carbocycles. The number of hydrogen-bond acceptors (Lipinski definition) is 1. The number of hydrogen-bond donors (Lipinski definition) is 0. The van der Waals surface area contributed by atoms with Crippen molar-refractivity contribution in [1.82, 2.24) is 4.98 Å². The zero-order valence-corrected chi connectivity index (χ0v) is 8.83. The van der Waals surface area contributed by atoms with Gasteiger partial charge in [0.1, 0.15) is 5.82 Å². The van der Waals surface area contributed by atoms with Gasteiger partial charge in [-0.3, -0.25) is 4.98 Å². The first-order valence-corrected chi connectivity index (χ1v) is 4.75. The third-order valence-electron chi connectivity index (χ3n) is 2.00. The summed E-state index contributed by atoms with van der Waals surface area (Å²) in [7, 11) is 0. The van der Waals surface area contributed by atoms with E-state index in [9.17, 15) is 4.39 Å². The molecule has 0 aliphatic rings. The quantitative estimate of drug-likeness (QED) is 0.666. The molecule has 1 aromatic carbocycles. The molecule has 1 aromatic heterocycles. The zero-order chi connectivity index (χ0) is 10.3. The highest BCUT2D eigenvalue weighted by Crippen LogP contribution is 2.30. The van der Waals surface area contributed by atoms with Gasteiger partial charge in [-0.1, -0.05) is 23.2 Å². The zero-order valence-electron chi connectivity index (χ0n) is 7.31. The molecule has 0 atom stereocenters. The average Bonchev–Trinajstić information content (AvgIpc) is 2.12. The molecule has 0 amide bonds. The van der Waals surface area contributed by atoms with Crippen LogP contribution in [0.1, 0.15) is 5.56 Å². The number of rotatable bonds is 0. The Labute approximate surface area is 90.5 Å². The van der Waals surface area contributed by atoms with Crippen molar-refractivity contribution in [2.75, 3.05) is 0 Å². The predicted molar refractivity (Wildman–Crippen MR) is 56.5 cm³/mol. The summed E-state index contributed by atoms with van der Waals surface area (Å²) in [5.41, 5.74) is 1.34. The summed E-state index contributed by atoms with van der Waals surface area (Å²) in [5, 5.41) is 1.33. The molecule has 0 radical (unpaired) electrons. The van der Waals surface area contributed by atoms with Gasteiger partial charge in [-0.2, -0.15) is 0 Å². The van der Waals surface area contributed by atoms with E-state index in [0.717, 1.165) is 5.56 Å². The molecule has 2 rings (SSSR count). The topological polar surface area (TPSA) is 12.9 Å². The minimum absolute atomic E-state index is 0.280. The molecule has 14 heavy (non-hydrogen) atoms. The van der Waals surface area contributed by atoms with Gasteiger partial charge in [-0.25, -0.2) is 4.39 Å². The first-order valence-electron chi connectivity index (χ1n) is 3.99. The minimum Gasteiger partial charge on any atom is -0.254 e. The van der Waals surface area contributed by atoms with Crippen LogP contribution in [0.5, 0.6) is 0 Å². The van der Waals surface area contributed by atoms with Crippen LogP contribution in [0.4, 0.5) is 4.39 Å². The Morgan fingerprint density at radius 2 is 2.00 bits per heavy atom. The Kier molecular flexibility index (Phi) is 2.33. The van der Waals surface area contributed by atoms with Crippen molar-refractivity contribution in [2.24, 2.45) is 0 Å². The molecule has 4 heteroatoms. The summed E-state index contributed by atoms with van der Waals surface area (Å²) in [5.74, 6) is -0.406. The van der Waals surface area contributed by atoms with Crippen LogP contribution in [0.25, 0.3) is 10.9 Å². The van der Waals surface area contributed by atoms with Crippen molar-refractivity contribution in [1.29, 1.82) is 0 Å². The lowest BCUT2D eigenvalue weighted by Crippen LogP contribution is -1.86. The van der Waals surface area contributed by atoms with Gasteiger partial charge in [0.15, 0.2) is 0 Å². The van der Waals surface area contributed by atoms with E-state index in [1.54, 1.807) is 6.20 Å². The molecule has 0 aliphatic heterocycles. The molecule has 0 N–H and O–H groups in total. The van der Waals surface area contributed by atoms with E-state index in [4.69, 9.17) is 23.2 Å². The molecule has 2 aromatic rings. The van der Waals surface area contributed by atoms with Gasteiger partial charge in [0.05, 0.1) is 15.6 Å². The van der Waals surface area contributed by atoms with Gasteiger partial charge in [0, 0.05) is 11.6 Å². The van der Waals surface area contributed by atoms with Crippen LogP contribution in [-0.2, 0) is 0 Å². The molecule has 0 fully saturated rings. The Balaban J connectivity index is 2.95. The molecule has 0 unspecified atom stereocenters. The van der Waals surface area contributed by atoms with E-state index in [0.29, 0.717) is 15.9 Å². The lowest BCUT2D eigenvalue weighted by atomic mass is 10.1. The summed E-state index contributed by atoms with van der Waals surface area (Å²) in [6.45, 7) is 1.81. The van der Waals surface area contributed by atoms with Crippen molar-refractivity contribution in [3.63, 3.8) is 0 Å². The normalized spacial score (nSPS) is 10.9. The minimum atomic E-state index is -0.406. The van der Waals surface area contributed by atoms with Crippen molar-refractivity contribution in [3.8, 4) is 0 Å². The first kappa shape index (κ1) is 9.69. The second-order valence-corrected chi connectivity index (χ2v) is 3.82. The van der Waals surface area contributed by atoms with Gasteiger partial charge >= 0.3 is 0 Å². The van der Waals surface area contributed by atoms with Crippen LogP contribution < -0.4 is 0 Å². The SMILES string of the molecule is Cc1cnc2c(Cl)cc(F)cc2c1Cl. The molecule has 1 heterocycles. The Bertz CT molecular complexity index is 511. The number of pyridine rings is 1. The molecule has 1 nitrogen and oxygen atoms in total. The standard InChI is InChI=1S/C10H6Cl2FN/c1-5-4-14-10-7(9(5)12)2-6(13)3-8(10)11/h2-4H,1H3. The van der Waals surface area contributed by atoms with Gasteiger partial charge in [0.2, 0.25) is 0 Å². The highest BCUT2D eigenvalue weighted by molar-refractivity contribution is 6.39. The lowest BCUT2D eigenvalue weighted by Gasteiger charge is -2.04. The fourth-order valence-corrected chi connectivity index (χ4v) is 1.74. The largest absolute Gasteiger partial charge is 0.254 e. The maximum Gasteiger partial charge on any atom is 0.125 e. The van der Waals surface area contributed by atoms with Crippen molar-refractivity contribution >= 4 is 34.1 Å². The number of benzene rings is 1. The fraction of sp³-hybridized carbons (Fsp3) is 0.100. The molecular formula is C10H6Cl2FN. The van der Waals surface area contributed by atoms with E-state index >= 15 is 0 Å². The van der Waals surface area contributed by atoms with Gasteiger partial charge < -0.3 is 0 Å². The Morgan fingerprint density at radius 3 is 2.71 bits per heavy atom. The summed E-state index contributed by atoms with van der Waals surface area (Å²) in [6, 6.07) is 2.56. The molecule has 0 spiro atoms. The Hall–Kier alpha value is -0.860. The monoisotopic (exact) mass is 229 g/mol. The van der Waals surface area contributed by atoms with Crippen LogP contribution in [0, 0.1) is 12.7 Å². The highest BCUT2D eigenvalue weighted by atomic mass is 35.5. The highest BCUT2D eigenvalue weighted by Gasteiger charge is 2.08. The van der Waals surface area contributed by atoms with Crippen molar-refractivity contribution in [2.45, 2.75) is 6.92 Å². The fourth-order valence-electron chi connectivity index (χ4n) is 1.29. The second-order valence-electron chi connectivity index (χ2n) is 3.04. The molecule has 72 valence electrons. The number of aryl methyl sites for hydroxylation is 1. The number of nitrogens with zero attached hydrogens (tertiary/aromatic N) is 1. The smallest absolute Gasteiger partial charge is 0.125 e. The first-order chi connectivity index (χ1) is 6.59. The number of halogens is 3. The lowest BCUT2D eigenvalue weighted by molar-refractivity contribution is 0.629. The van der Waals surface area contributed by atoms with Crippen molar-refractivity contribution in [3.05, 3.63) is 39.8 Å². The van der Waals surface area contributed by atoms with E-state index < -0.39 is 5.82 Å². The molecule has 0 saturated heterocycles. The molecule has 0 bridgehead atoms. The molecular weight excluding hydrogens is 224 g/mol. The Morgan fingerprint density at radius 1 is 1.29 bits per heavy atom. The van der Waals surface area contributed by atoms with Crippen molar-refractivity contribution < 1.29 is 4.39 Å². The van der Waals surface area contributed by atoms with Gasteiger partial charge in [0.25, 0.3) is 0 Å². The summed E-state index contributed by atoms with van der Waals surface area (Å²) < 4.78 is 13.0. The number of fused-ring (bicyclic) bond motifs is 1. The molecule has 0 saturated carbocycles. The summed E-state index contributed by atoms with van der Waals surface area (Å²) in [6.07, 6.45) is 1.62. The predicted octanol–water partition coefficient (Wildman–Crippen LogP) is 3.99. The van der Waals surface area contributed by atoms with Crippen LogP contribution in [0.2, 0.25) is 10.0 Å². The van der Waals surface area contributed by atoms with E-state index in [1.165, 1.54) is 12.1 Å². The second kappa shape index (κ2) is 3.37. The maximum atomic E-state index is 13.0. The van der Waals surface area contributed by atoms with Crippen LogP contribution in [0.3, 0.4) is 0 Å². The summed E-state index contributed by atoms with van der Waals surface area (Å²) in [4.78, 5) is 4.10. The van der Waals surface area contributed by atoms with E-state index in [1.807, 2.05) is 6.92 Å². The van der Waals surface area contributed by atoms with E-state index in [2.05, 4.69) is 4.98 Å². The van der Waals surface area contributed by atoms with Crippen LogP contribution in [-0.4, -0.2) is 4.98 Å².